The van der Waals surface area contributed by atoms with E-state index in [0.29, 0.717) is 17.9 Å². The molecule has 0 amide bonds. The summed E-state index contributed by atoms with van der Waals surface area (Å²) in [6, 6.07) is 1.85. The van der Waals surface area contributed by atoms with E-state index in [2.05, 4.69) is 4.57 Å². The summed E-state index contributed by atoms with van der Waals surface area (Å²) in [6.45, 7) is 4.55. The molecule has 1 atom stereocenters. The molecule has 1 fully saturated rings. The third-order valence-corrected chi connectivity index (χ3v) is 5.34. The number of nitrogens with zero attached hydrogens (tertiary/aromatic N) is 1. The van der Waals surface area contributed by atoms with Crippen molar-refractivity contribution in [3.8, 4) is 0 Å². The molecule has 1 aliphatic heterocycles. The molecule has 2 rings (SSSR count). The molecule has 2 heterocycles. The van der Waals surface area contributed by atoms with Crippen molar-refractivity contribution in [1.29, 1.82) is 0 Å². The summed E-state index contributed by atoms with van der Waals surface area (Å²) >= 11 is 0. The van der Waals surface area contributed by atoms with Gasteiger partial charge in [0.1, 0.15) is 0 Å². The molecule has 0 N–H and O–H groups in total. The predicted molar refractivity (Wildman–Crippen MR) is 66.1 cm³/mol. The van der Waals surface area contributed by atoms with Crippen LogP contribution in [0.1, 0.15) is 28.2 Å². The maximum Gasteiger partial charge on any atom is 0.151 e. The van der Waals surface area contributed by atoms with Gasteiger partial charge in [-0.3, -0.25) is 4.79 Å². The topological polar surface area (TPSA) is 56.1 Å². The fourth-order valence-corrected chi connectivity index (χ4v) is 4.35. The Morgan fingerprint density at radius 3 is 2.65 bits per heavy atom. The van der Waals surface area contributed by atoms with Crippen molar-refractivity contribution in [2.75, 3.05) is 11.5 Å². The molecular weight excluding hydrogens is 238 g/mol. The highest BCUT2D eigenvalue weighted by molar-refractivity contribution is 7.91. The van der Waals surface area contributed by atoms with Gasteiger partial charge in [-0.25, -0.2) is 8.42 Å². The van der Waals surface area contributed by atoms with Crippen molar-refractivity contribution in [1.82, 2.24) is 4.57 Å². The summed E-state index contributed by atoms with van der Waals surface area (Å²) in [7, 11) is -2.82. The van der Waals surface area contributed by atoms with E-state index in [0.717, 1.165) is 24.1 Å². The van der Waals surface area contributed by atoms with Gasteiger partial charge in [-0.15, -0.1) is 0 Å². The first-order valence-electron chi connectivity index (χ1n) is 5.75. The first-order chi connectivity index (χ1) is 7.93. The summed E-state index contributed by atoms with van der Waals surface area (Å²) in [4.78, 5) is 10.8. The molecule has 0 saturated carbocycles. The molecule has 4 nitrogen and oxygen atoms in total. The van der Waals surface area contributed by atoms with Crippen molar-refractivity contribution in [3.05, 3.63) is 23.0 Å². The van der Waals surface area contributed by atoms with Gasteiger partial charge in [-0.05, 0) is 32.3 Å². The molecule has 17 heavy (non-hydrogen) atoms. The number of aryl methyl sites for hydroxylation is 1. The fraction of sp³-hybridized carbons (Fsp3) is 0.583. The van der Waals surface area contributed by atoms with E-state index in [1.165, 1.54) is 0 Å². The Labute approximate surface area is 102 Å². The lowest BCUT2D eigenvalue weighted by Crippen LogP contribution is -2.14. The molecule has 1 saturated heterocycles. The molecule has 0 aliphatic carbocycles. The normalized spacial score (nSPS) is 22.8. The van der Waals surface area contributed by atoms with Crippen LogP contribution in [-0.4, -0.2) is 30.8 Å². The van der Waals surface area contributed by atoms with Crippen LogP contribution in [0.5, 0.6) is 0 Å². The van der Waals surface area contributed by atoms with Crippen molar-refractivity contribution in [2.24, 2.45) is 5.92 Å². The number of hydrogen-bond acceptors (Lipinski definition) is 3. The average molecular weight is 255 g/mol. The van der Waals surface area contributed by atoms with Crippen LogP contribution < -0.4 is 0 Å². The Hall–Kier alpha value is -1.10. The second kappa shape index (κ2) is 4.29. The molecule has 0 bridgehead atoms. The molecule has 5 heteroatoms. The third kappa shape index (κ3) is 2.44. The summed E-state index contributed by atoms with van der Waals surface area (Å²) in [6.07, 6.45) is 1.58. The highest BCUT2D eigenvalue weighted by atomic mass is 32.2. The van der Waals surface area contributed by atoms with Crippen molar-refractivity contribution < 1.29 is 13.2 Å². The average Bonchev–Trinajstić information content (AvgIpc) is 2.72. The third-order valence-electron chi connectivity index (χ3n) is 3.51. The Bertz CT molecular complexity index is 542. The summed E-state index contributed by atoms with van der Waals surface area (Å²) < 4.78 is 24.8. The van der Waals surface area contributed by atoms with Crippen LogP contribution in [0.2, 0.25) is 0 Å². The van der Waals surface area contributed by atoms with Crippen molar-refractivity contribution >= 4 is 16.1 Å². The van der Waals surface area contributed by atoms with Crippen LogP contribution in [0, 0.1) is 19.8 Å². The maximum absolute atomic E-state index is 11.4. The highest BCUT2D eigenvalue weighted by Gasteiger charge is 2.28. The second-order valence-electron chi connectivity index (χ2n) is 4.82. The molecule has 1 unspecified atom stereocenters. The molecule has 0 aromatic carbocycles. The van der Waals surface area contributed by atoms with Crippen molar-refractivity contribution in [2.45, 2.75) is 26.8 Å². The van der Waals surface area contributed by atoms with Gasteiger partial charge in [-0.1, -0.05) is 0 Å². The summed E-state index contributed by atoms with van der Waals surface area (Å²) in [5.74, 6) is 0.766. The number of aldehydes is 1. The van der Waals surface area contributed by atoms with E-state index >= 15 is 0 Å². The van der Waals surface area contributed by atoms with Crippen LogP contribution >= 0.6 is 0 Å². The first-order valence-corrected chi connectivity index (χ1v) is 7.57. The molecule has 1 aliphatic rings. The number of carbonyl (C=O) groups is 1. The Morgan fingerprint density at radius 2 is 2.18 bits per heavy atom. The Balaban J connectivity index is 2.20. The lowest BCUT2D eigenvalue weighted by Gasteiger charge is -2.13. The zero-order chi connectivity index (χ0) is 12.6. The molecule has 0 radical (unpaired) electrons. The molecule has 94 valence electrons. The van der Waals surface area contributed by atoms with Crippen LogP contribution in [0.15, 0.2) is 6.07 Å². The highest BCUT2D eigenvalue weighted by Crippen LogP contribution is 2.23. The monoisotopic (exact) mass is 255 g/mol. The molecule has 1 aromatic rings. The molecule has 1 aromatic heterocycles. The van der Waals surface area contributed by atoms with E-state index in [9.17, 15) is 13.2 Å². The van der Waals surface area contributed by atoms with E-state index in [1.54, 1.807) is 0 Å². The van der Waals surface area contributed by atoms with Gasteiger partial charge in [-0.2, -0.15) is 0 Å². The van der Waals surface area contributed by atoms with Gasteiger partial charge in [0.25, 0.3) is 0 Å². The van der Waals surface area contributed by atoms with E-state index in [-0.39, 0.29) is 11.7 Å². The van der Waals surface area contributed by atoms with E-state index in [1.807, 2.05) is 19.9 Å². The maximum atomic E-state index is 11.4. The zero-order valence-electron chi connectivity index (χ0n) is 10.1. The Kier molecular flexibility index (Phi) is 3.12. The van der Waals surface area contributed by atoms with Gasteiger partial charge >= 0.3 is 0 Å². The smallest absolute Gasteiger partial charge is 0.151 e. The number of sulfone groups is 1. The van der Waals surface area contributed by atoms with Crippen molar-refractivity contribution in [3.63, 3.8) is 0 Å². The van der Waals surface area contributed by atoms with Crippen LogP contribution in [0.4, 0.5) is 0 Å². The minimum atomic E-state index is -2.82. The van der Waals surface area contributed by atoms with Crippen LogP contribution in [0.3, 0.4) is 0 Å². The van der Waals surface area contributed by atoms with E-state index < -0.39 is 9.84 Å². The SMILES string of the molecule is Cc1cc(C=O)c(C)n1CC1CCS(=O)(=O)C1. The molecular formula is C12H17NO3S. The lowest BCUT2D eigenvalue weighted by atomic mass is 10.1. The lowest BCUT2D eigenvalue weighted by molar-refractivity contribution is 0.112. The zero-order valence-corrected chi connectivity index (χ0v) is 11.0. The summed E-state index contributed by atoms with van der Waals surface area (Å²) in [5.41, 5.74) is 2.65. The Morgan fingerprint density at radius 1 is 1.47 bits per heavy atom. The standard InChI is InChI=1S/C12H17NO3S/c1-9-5-12(7-14)10(2)13(9)6-11-3-4-17(15,16)8-11/h5,7,11H,3-4,6,8H2,1-2H3. The fourth-order valence-electron chi connectivity index (χ4n) is 2.50. The number of hydrogen-bond donors (Lipinski definition) is 0. The number of rotatable bonds is 3. The minimum Gasteiger partial charge on any atom is -0.348 e. The second-order valence-corrected chi connectivity index (χ2v) is 7.05. The number of carbonyl (C=O) groups excluding carboxylic acids is 1. The molecule has 0 spiro atoms. The van der Waals surface area contributed by atoms with Gasteiger partial charge in [0.15, 0.2) is 16.1 Å². The minimum absolute atomic E-state index is 0.185. The van der Waals surface area contributed by atoms with Crippen LogP contribution in [-0.2, 0) is 16.4 Å². The van der Waals surface area contributed by atoms with Gasteiger partial charge in [0.05, 0.1) is 11.5 Å². The first kappa shape index (κ1) is 12.4. The van der Waals surface area contributed by atoms with Gasteiger partial charge < -0.3 is 4.57 Å². The quantitative estimate of drug-likeness (QED) is 0.766. The van der Waals surface area contributed by atoms with Crippen LogP contribution in [0.25, 0.3) is 0 Å². The summed E-state index contributed by atoms with van der Waals surface area (Å²) in [5, 5.41) is 0. The van der Waals surface area contributed by atoms with E-state index in [4.69, 9.17) is 0 Å². The van der Waals surface area contributed by atoms with Gasteiger partial charge in [0, 0.05) is 23.5 Å². The number of aromatic nitrogens is 1. The van der Waals surface area contributed by atoms with Gasteiger partial charge in [0.2, 0.25) is 0 Å². The predicted octanol–water partition coefficient (Wildman–Crippen LogP) is 1.35. The largest absolute Gasteiger partial charge is 0.348 e.